The Labute approximate surface area is 149 Å². The lowest BCUT2D eigenvalue weighted by atomic mass is 10.1. The smallest absolute Gasteiger partial charge is 0.251 e. The summed E-state index contributed by atoms with van der Waals surface area (Å²) in [6, 6.07) is 13.4. The summed E-state index contributed by atoms with van der Waals surface area (Å²) in [5.74, 6) is 1.58. The van der Waals surface area contributed by atoms with Crippen molar-refractivity contribution in [1.82, 2.24) is 5.32 Å². The number of allylic oxidation sites excluding steroid dienone is 1. The zero-order valence-electron chi connectivity index (χ0n) is 14.9. The van der Waals surface area contributed by atoms with Gasteiger partial charge in [0.25, 0.3) is 5.91 Å². The minimum absolute atomic E-state index is 0.0759. The van der Waals surface area contributed by atoms with Gasteiger partial charge in [-0.2, -0.15) is 0 Å². The van der Waals surface area contributed by atoms with Gasteiger partial charge in [0, 0.05) is 12.1 Å². The summed E-state index contributed by atoms with van der Waals surface area (Å²) < 4.78 is 10.7. The maximum atomic E-state index is 12.3. The van der Waals surface area contributed by atoms with Gasteiger partial charge >= 0.3 is 0 Å². The number of hydrogen-bond acceptors (Lipinski definition) is 3. The standard InChI is InChI=1S/C21H25NO3/c1-4-8-17-15-18(12-13-20(17)25-3)21(23)22-14-7-10-16-9-5-6-11-19(16)24-2/h4-6,9,11-13,15H,1,7-8,10,14H2,2-3H3,(H,22,23). The number of amides is 1. The Hall–Kier alpha value is -2.75. The number of carbonyl (C=O) groups excluding carboxylic acids is 1. The van der Waals surface area contributed by atoms with E-state index in [4.69, 9.17) is 9.47 Å². The summed E-state index contributed by atoms with van der Waals surface area (Å²) in [6.07, 6.45) is 4.17. The maximum Gasteiger partial charge on any atom is 0.251 e. The number of methoxy groups -OCH3 is 2. The molecule has 4 heteroatoms. The van der Waals surface area contributed by atoms with E-state index in [1.165, 1.54) is 0 Å². The number of rotatable bonds is 9. The van der Waals surface area contributed by atoms with Crippen LogP contribution in [-0.2, 0) is 12.8 Å². The molecule has 0 aliphatic carbocycles. The van der Waals surface area contributed by atoms with Crippen molar-refractivity contribution in [2.24, 2.45) is 0 Å². The van der Waals surface area contributed by atoms with Crippen molar-refractivity contribution >= 4 is 5.91 Å². The van der Waals surface area contributed by atoms with E-state index in [2.05, 4.69) is 11.9 Å². The van der Waals surface area contributed by atoms with Crippen molar-refractivity contribution in [3.63, 3.8) is 0 Å². The monoisotopic (exact) mass is 339 g/mol. The number of ether oxygens (including phenoxy) is 2. The van der Waals surface area contributed by atoms with Gasteiger partial charge in [0.2, 0.25) is 0 Å². The molecule has 0 radical (unpaired) electrons. The Morgan fingerprint density at radius 2 is 1.80 bits per heavy atom. The van der Waals surface area contributed by atoms with Gasteiger partial charge < -0.3 is 14.8 Å². The lowest BCUT2D eigenvalue weighted by molar-refractivity contribution is 0.0953. The third-order valence-corrected chi connectivity index (χ3v) is 4.01. The van der Waals surface area contributed by atoms with Crippen molar-refractivity contribution in [2.45, 2.75) is 19.3 Å². The second kappa shape index (κ2) is 9.52. The summed E-state index contributed by atoms with van der Waals surface area (Å²) in [5, 5.41) is 2.97. The van der Waals surface area contributed by atoms with Crippen LogP contribution in [0.3, 0.4) is 0 Å². The van der Waals surface area contributed by atoms with Crippen LogP contribution in [0.25, 0.3) is 0 Å². The second-order valence-electron chi connectivity index (χ2n) is 5.69. The first-order valence-electron chi connectivity index (χ1n) is 8.37. The summed E-state index contributed by atoms with van der Waals surface area (Å²) in [6.45, 7) is 4.35. The fourth-order valence-corrected chi connectivity index (χ4v) is 2.73. The first kappa shape index (κ1) is 18.6. The fourth-order valence-electron chi connectivity index (χ4n) is 2.73. The fraction of sp³-hybridized carbons (Fsp3) is 0.286. The first-order chi connectivity index (χ1) is 12.2. The van der Waals surface area contributed by atoms with E-state index < -0.39 is 0 Å². The highest BCUT2D eigenvalue weighted by molar-refractivity contribution is 5.94. The molecule has 1 N–H and O–H groups in total. The zero-order chi connectivity index (χ0) is 18.1. The Morgan fingerprint density at radius 3 is 2.52 bits per heavy atom. The van der Waals surface area contributed by atoms with Crippen molar-refractivity contribution in [2.75, 3.05) is 20.8 Å². The molecular formula is C21H25NO3. The molecule has 2 aromatic rings. The van der Waals surface area contributed by atoms with Gasteiger partial charge in [0.1, 0.15) is 11.5 Å². The van der Waals surface area contributed by atoms with Crippen molar-refractivity contribution < 1.29 is 14.3 Å². The zero-order valence-corrected chi connectivity index (χ0v) is 14.9. The molecule has 0 unspecified atom stereocenters. The van der Waals surface area contributed by atoms with Crippen LogP contribution >= 0.6 is 0 Å². The minimum atomic E-state index is -0.0759. The lowest BCUT2D eigenvalue weighted by Crippen LogP contribution is -2.25. The van der Waals surface area contributed by atoms with Crippen LogP contribution in [0.15, 0.2) is 55.1 Å². The van der Waals surface area contributed by atoms with Gasteiger partial charge in [0.05, 0.1) is 14.2 Å². The molecule has 0 saturated heterocycles. The molecule has 2 rings (SSSR count). The Morgan fingerprint density at radius 1 is 1.08 bits per heavy atom. The molecule has 0 atom stereocenters. The molecule has 0 spiro atoms. The molecule has 132 valence electrons. The van der Waals surface area contributed by atoms with Crippen molar-refractivity contribution in [3.05, 3.63) is 71.8 Å². The number of hydrogen-bond donors (Lipinski definition) is 1. The summed E-state index contributed by atoms with van der Waals surface area (Å²) in [7, 11) is 3.30. The van der Waals surface area contributed by atoms with Crippen LogP contribution in [-0.4, -0.2) is 26.7 Å². The van der Waals surface area contributed by atoms with Gasteiger partial charge in [-0.05, 0) is 54.7 Å². The molecule has 0 aliphatic rings. The predicted octanol–water partition coefficient (Wildman–Crippen LogP) is 3.79. The molecule has 0 aromatic heterocycles. The summed E-state index contributed by atoms with van der Waals surface area (Å²) in [5.41, 5.74) is 2.74. The molecule has 0 fully saturated rings. The third-order valence-electron chi connectivity index (χ3n) is 4.01. The van der Waals surface area contributed by atoms with E-state index in [1.807, 2.05) is 36.4 Å². The quantitative estimate of drug-likeness (QED) is 0.558. The van der Waals surface area contributed by atoms with Crippen LogP contribution in [0.1, 0.15) is 27.9 Å². The molecule has 0 heterocycles. The van der Waals surface area contributed by atoms with E-state index in [1.54, 1.807) is 26.4 Å². The topological polar surface area (TPSA) is 47.6 Å². The van der Waals surface area contributed by atoms with E-state index >= 15 is 0 Å². The predicted molar refractivity (Wildman–Crippen MR) is 101 cm³/mol. The molecule has 2 aromatic carbocycles. The van der Waals surface area contributed by atoms with Gasteiger partial charge in [0.15, 0.2) is 0 Å². The Bertz CT molecular complexity index is 725. The van der Waals surface area contributed by atoms with E-state index in [-0.39, 0.29) is 5.91 Å². The highest BCUT2D eigenvalue weighted by atomic mass is 16.5. The van der Waals surface area contributed by atoms with Gasteiger partial charge in [-0.15, -0.1) is 6.58 Å². The molecule has 0 aliphatic heterocycles. The molecule has 0 bridgehead atoms. The maximum absolute atomic E-state index is 12.3. The van der Waals surface area contributed by atoms with E-state index in [0.29, 0.717) is 18.5 Å². The van der Waals surface area contributed by atoms with Gasteiger partial charge in [-0.3, -0.25) is 4.79 Å². The highest BCUT2D eigenvalue weighted by Gasteiger charge is 2.09. The average Bonchev–Trinajstić information content (AvgIpc) is 2.65. The minimum Gasteiger partial charge on any atom is -0.496 e. The number of aryl methyl sites for hydroxylation is 1. The molecule has 4 nitrogen and oxygen atoms in total. The lowest BCUT2D eigenvalue weighted by Gasteiger charge is -2.11. The largest absolute Gasteiger partial charge is 0.496 e. The number of para-hydroxylation sites is 1. The van der Waals surface area contributed by atoms with Crippen LogP contribution in [0.2, 0.25) is 0 Å². The molecule has 0 saturated carbocycles. The van der Waals surface area contributed by atoms with Crippen LogP contribution in [0.5, 0.6) is 11.5 Å². The molecule has 1 amide bonds. The normalized spacial score (nSPS) is 10.2. The Balaban J connectivity index is 1.90. The van der Waals surface area contributed by atoms with Gasteiger partial charge in [-0.25, -0.2) is 0 Å². The summed E-state index contributed by atoms with van der Waals surface area (Å²) >= 11 is 0. The van der Waals surface area contributed by atoms with Crippen LogP contribution in [0, 0.1) is 0 Å². The van der Waals surface area contributed by atoms with E-state index in [0.717, 1.165) is 35.5 Å². The third kappa shape index (κ3) is 5.11. The molecular weight excluding hydrogens is 314 g/mol. The number of benzene rings is 2. The Kier molecular flexibility index (Phi) is 7.08. The molecule has 25 heavy (non-hydrogen) atoms. The second-order valence-corrected chi connectivity index (χ2v) is 5.69. The van der Waals surface area contributed by atoms with Crippen molar-refractivity contribution in [3.8, 4) is 11.5 Å². The average molecular weight is 339 g/mol. The van der Waals surface area contributed by atoms with Crippen LogP contribution in [0.4, 0.5) is 0 Å². The van der Waals surface area contributed by atoms with Gasteiger partial charge in [-0.1, -0.05) is 24.3 Å². The SMILES string of the molecule is C=CCc1cc(C(=O)NCCCc2ccccc2OC)ccc1OC. The van der Waals surface area contributed by atoms with Crippen LogP contribution < -0.4 is 14.8 Å². The first-order valence-corrected chi connectivity index (χ1v) is 8.37. The number of carbonyl (C=O) groups is 1. The van der Waals surface area contributed by atoms with E-state index in [9.17, 15) is 4.79 Å². The summed E-state index contributed by atoms with van der Waals surface area (Å²) in [4.78, 5) is 12.3. The number of nitrogens with one attached hydrogen (secondary N) is 1. The van der Waals surface area contributed by atoms with Crippen molar-refractivity contribution in [1.29, 1.82) is 0 Å². The highest BCUT2D eigenvalue weighted by Crippen LogP contribution is 2.21.